The van der Waals surface area contributed by atoms with Crippen LogP contribution in [0, 0.1) is 6.92 Å². The van der Waals surface area contributed by atoms with Crippen molar-refractivity contribution in [3.05, 3.63) is 59.7 Å². The number of hydrogen-bond donors (Lipinski definition) is 0. The van der Waals surface area contributed by atoms with Crippen LogP contribution in [0.1, 0.15) is 17.2 Å². The molecule has 0 radical (unpaired) electrons. The zero-order chi connectivity index (χ0) is 18.0. The first-order chi connectivity index (χ1) is 11.1. The Morgan fingerprint density at radius 3 is 2.21 bits per heavy atom. The van der Waals surface area contributed by atoms with Crippen LogP contribution < -0.4 is 4.74 Å². The predicted octanol–water partition coefficient (Wildman–Crippen LogP) is 4.01. The third-order valence-corrected chi connectivity index (χ3v) is 4.52. The van der Waals surface area contributed by atoms with Crippen LogP contribution in [0.2, 0.25) is 0 Å². The summed E-state index contributed by atoms with van der Waals surface area (Å²) in [6.45, 7) is 1.73. The largest absolute Gasteiger partial charge is 0.497 e. The minimum absolute atomic E-state index is 0.165. The number of alkyl halides is 3. The monoisotopic (exact) mass is 360 g/mol. The summed E-state index contributed by atoms with van der Waals surface area (Å²) >= 11 is 0. The number of methoxy groups -OCH3 is 1. The van der Waals surface area contributed by atoms with Crippen molar-refractivity contribution in [1.82, 2.24) is 0 Å². The van der Waals surface area contributed by atoms with Crippen LogP contribution in [-0.2, 0) is 14.3 Å². The number of ether oxygens (including phenoxy) is 1. The summed E-state index contributed by atoms with van der Waals surface area (Å²) in [6.07, 6.45) is -7.54. The van der Waals surface area contributed by atoms with E-state index in [-0.39, 0.29) is 16.2 Å². The van der Waals surface area contributed by atoms with Gasteiger partial charge in [-0.3, -0.25) is 0 Å². The maximum absolute atomic E-state index is 13.3. The van der Waals surface area contributed by atoms with Crippen molar-refractivity contribution in [2.24, 2.45) is 0 Å². The fourth-order valence-electron chi connectivity index (χ4n) is 1.99. The van der Waals surface area contributed by atoms with Gasteiger partial charge in [0, 0.05) is 0 Å². The zero-order valence-corrected chi connectivity index (χ0v) is 13.7. The quantitative estimate of drug-likeness (QED) is 0.756. The summed E-state index contributed by atoms with van der Waals surface area (Å²) in [4.78, 5) is -0.342. The van der Waals surface area contributed by atoms with Crippen LogP contribution in [0.25, 0.3) is 0 Å². The van der Waals surface area contributed by atoms with Crippen molar-refractivity contribution in [2.75, 3.05) is 7.11 Å². The highest BCUT2D eigenvalue weighted by atomic mass is 32.2. The van der Waals surface area contributed by atoms with Gasteiger partial charge in [0.25, 0.3) is 10.1 Å². The van der Waals surface area contributed by atoms with E-state index < -0.39 is 22.4 Å². The maximum Gasteiger partial charge on any atom is 0.420 e. The van der Waals surface area contributed by atoms with Crippen LogP contribution >= 0.6 is 0 Å². The molecule has 24 heavy (non-hydrogen) atoms. The van der Waals surface area contributed by atoms with Crippen LogP contribution in [0.15, 0.2) is 53.4 Å². The van der Waals surface area contributed by atoms with E-state index in [1.165, 1.54) is 43.5 Å². The molecular weight excluding hydrogens is 345 g/mol. The molecule has 0 saturated heterocycles. The Labute approximate surface area is 138 Å². The van der Waals surface area contributed by atoms with E-state index in [1.54, 1.807) is 6.92 Å². The van der Waals surface area contributed by atoms with Gasteiger partial charge in [-0.15, -0.1) is 0 Å². The molecule has 0 aliphatic rings. The molecule has 0 fully saturated rings. The molecule has 0 heterocycles. The average molecular weight is 360 g/mol. The van der Waals surface area contributed by atoms with Gasteiger partial charge in [0.2, 0.25) is 0 Å². The summed E-state index contributed by atoms with van der Waals surface area (Å²) < 4.78 is 73.7. The van der Waals surface area contributed by atoms with E-state index in [0.717, 1.165) is 17.7 Å². The Hall–Kier alpha value is -2.06. The first-order valence-corrected chi connectivity index (χ1v) is 8.25. The van der Waals surface area contributed by atoms with Gasteiger partial charge in [-0.1, -0.05) is 29.8 Å². The van der Waals surface area contributed by atoms with Gasteiger partial charge in [-0.2, -0.15) is 21.6 Å². The number of benzene rings is 2. The van der Waals surface area contributed by atoms with Gasteiger partial charge in [-0.25, -0.2) is 4.18 Å². The van der Waals surface area contributed by atoms with Crippen LogP contribution in [0.4, 0.5) is 13.2 Å². The molecule has 1 unspecified atom stereocenters. The highest BCUT2D eigenvalue weighted by Gasteiger charge is 2.45. The van der Waals surface area contributed by atoms with E-state index in [4.69, 9.17) is 4.74 Å². The molecule has 8 heteroatoms. The molecule has 0 spiro atoms. The number of halogens is 3. The molecule has 130 valence electrons. The minimum atomic E-state index is -4.91. The number of rotatable bonds is 5. The molecule has 0 N–H and O–H groups in total. The summed E-state index contributed by atoms with van der Waals surface area (Å²) in [5, 5.41) is 0. The Morgan fingerprint density at radius 1 is 1.04 bits per heavy atom. The fraction of sp³-hybridized carbons (Fsp3) is 0.250. The van der Waals surface area contributed by atoms with Crippen molar-refractivity contribution in [3.8, 4) is 5.75 Å². The zero-order valence-electron chi connectivity index (χ0n) is 12.9. The molecule has 0 aromatic heterocycles. The third kappa shape index (κ3) is 4.27. The second kappa shape index (κ2) is 6.82. The SMILES string of the molecule is COc1cccc(C(OS(=O)(=O)c2ccc(C)cc2)C(F)(F)F)c1. The molecule has 4 nitrogen and oxygen atoms in total. The normalized spacial score (nSPS) is 13.5. The fourth-order valence-corrected chi connectivity index (χ4v) is 3.04. The summed E-state index contributed by atoms with van der Waals surface area (Å²) in [6, 6.07) is 10.3. The van der Waals surface area contributed by atoms with Gasteiger partial charge in [-0.05, 0) is 36.8 Å². The minimum Gasteiger partial charge on any atom is -0.497 e. The highest BCUT2D eigenvalue weighted by molar-refractivity contribution is 7.86. The van der Waals surface area contributed by atoms with Crippen LogP contribution in [-0.4, -0.2) is 21.7 Å². The second-order valence-corrected chi connectivity index (χ2v) is 6.63. The van der Waals surface area contributed by atoms with E-state index in [2.05, 4.69) is 4.18 Å². The Bertz CT molecular complexity index is 799. The van der Waals surface area contributed by atoms with Gasteiger partial charge >= 0.3 is 6.18 Å². The molecule has 0 saturated carbocycles. The van der Waals surface area contributed by atoms with Gasteiger partial charge in [0.05, 0.1) is 12.0 Å². The maximum atomic E-state index is 13.3. The summed E-state index contributed by atoms with van der Waals surface area (Å²) in [7, 11) is -3.29. The summed E-state index contributed by atoms with van der Waals surface area (Å²) in [5.41, 5.74) is 0.409. The van der Waals surface area contributed by atoms with Crippen molar-refractivity contribution in [2.45, 2.75) is 24.1 Å². The number of hydrogen-bond acceptors (Lipinski definition) is 4. The lowest BCUT2D eigenvalue weighted by molar-refractivity contribution is -0.196. The Morgan fingerprint density at radius 2 is 1.67 bits per heavy atom. The van der Waals surface area contributed by atoms with Crippen LogP contribution in [0.3, 0.4) is 0 Å². The van der Waals surface area contributed by atoms with Gasteiger partial charge < -0.3 is 4.74 Å². The molecule has 0 aliphatic heterocycles. The van der Waals surface area contributed by atoms with E-state index in [9.17, 15) is 21.6 Å². The molecule has 0 bridgehead atoms. The average Bonchev–Trinajstić information content (AvgIpc) is 2.52. The van der Waals surface area contributed by atoms with Gasteiger partial charge in [0.15, 0.2) is 6.10 Å². The lowest BCUT2D eigenvalue weighted by Gasteiger charge is -2.21. The standard InChI is InChI=1S/C16H15F3O4S/c1-11-6-8-14(9-7-11)24(20,21)23-15(16(17,18)19)12-4-3-5-13(10-12)22-2/h3-10,15H,1-2H3. The summed E-state index contributed by atoms with van der Waals surface area (Å²) in [5.74, 6) is 0.165. The van der Waals surface area contributed by atoms with Crippen molar-refractivity contribution in [3.63, 3.8) is 0 Å². The van der Waals surface area contributed by atoms with Crippen molar-refractivity contribution >= 4 is 10.1 Å². The molecule has 1 atom stereocenters. The predicted molar refractivity (Wildman–Crippen MR) is 81.2 cm³/mol. The number of aryl methyl sites for hydroxylation is 1. The molecule has 2 rings (SSSR count). The van der Waals surface area contributed by atoms with Gasteiger partial charge in [0.1, 0.15) is 5.75 Å². The first kappa shape index (κ1) is 18.3. The second-order valence-electron chi connectivity index (χ2n) is 5.06. The topological polar surface area (TPSA) is 52.6 Å². The van der Waals surface area contributed by atoms with Crippen LogP contribution in [0.5, 0.6) is 5.75 Å². The molecule has 0 aliphatic carbocycles. The van der Waals surface area contributed by atoms with Crippen molar-refractivity contribution < 1.29 is 30.5 Å². The molecular formula is C16H15F3O4S. The Kier molecular flexibility index (Phi) is 5.19. The molecule has 0 amide bonds. The van der Waals surface area contributed by atoms with E-state index >= 15 is 0 Å². The third-order valence-electron chi connectivity index (χ3n) is 3.23. The Balaban J connectivity index is 2.40. The van der Waals surface area contributed by atoms with E-state index in [1.807, 2.05) is 0 Å². The highest BCUT2D eigenvalue weighted by Crippen LogP contribution is 2.39. The molecule has 2 aromatic carbocycles. The molecule has 2 aromatic rings. The first-order valence-electron chi connectivity index (χ1n) is 6.84. The van der Waals surface area contributed by atoms with Crippen molar-refractivity contribution in [1.29, 1.82) is 0 Å². The lowest BCUT2D eigenvalue weighted by atomic mass is 10.1. The lowest BCUT2D eigenvalue weighted by Crippen LogP contribution is -2.26. The smallest absolute Gasteiger partial charge is 0.420 e. The van der Waals surface area contributed by atoms with E-state index in [0.29, 0.717) is 0 Å².